The Morgan fingerprint density at radius 3 is 2.14 bits per heavy atom. The summed E-state index contributed by atoms with van der Waals surface area (Å²) in [5, 5.41) is 13.5. The van der Waals surface area contributed by atoms with Gasteiger partial charge in [-0.1, -0.05) is 23.8 Å². The fourth-order valence-corrected chi connectivity index (χ4v) is 5.95. The molecular weight excluding hydrogens is 544 g/mol. The number of hydrogen-bond acceptors (Lipinski definition) is 4. The van der Waals surface area contributed by atoms with Gasteiger partial charge in [-0.25, -0.2) is 4.79 Å². The van der Waals surface area contributed by atoms with E-state index in [1.807, 2.05) is 85.8 Å². The van der Waals surface area contributed by atoms with Gasteiger partial charge in [0, 0.05) is 29.0 Å². The highest BCUT2D eigenvalue weighted by Crippen LogP contribution is 2.44. The van der Waals surface area contributed by atoms with Gasteiger partial charge in [0.25, 0.3) is 0 Å². The molecule has 0 saturated carbocycles. The summed E-state index contributed by atoms with van der Waals surface area (Å²) in [6.07, 6.45) is 1.80. The lowest BCUT2D eigenvalue weighted by molar-refractivity contribution is 0.0697. The standard InChI is InChI=1S/C34H30N4O3S/c1-21-7-15-27(16-8-21)41-28-17-13-26(14-18-28)38-32(31(36-34(38)42)30-6-4-5-19-35-30)29-20-22(2)37(23(29)3)25-11-9-24(10-12-25)33(39)40/h4-20,31-32H,1-3H3,(H,36,42)(H,39,40)/t31-,32-/m1/s1. The number of aromatic nitrogens is 2. The molecule has 2 aromatic heterocycles. The Hall–Kier alpha value is -4.95. The normalized spacial score (nSPS) is 16.4. The Morgan fingerprint density at radius 1 is 0.881 bits per heavy atom. The highest BCUT2D eigenvalue weighted by molar-refractivity contribution is 7.80. The van der Waals surface area contributed by atoms with Crippen molar-refractivity contribution in [3.63, 3.8) is 0 Å². The van der Waals surface area contributed by atoms with E-state index >= 15 is 0 Å². The molecule has 1 aliphatic rings. The number of carboxylic acids is 1. The van der Waals surface area contributed by atoms with Crippen molar-refractivity contribution in [2.24, 2.45) is 0 Å². The van der Waals surface area contributed by atoms with Gasteiger partial charge in [0.15, 0.2) is 5.11 Å². The minimum Gasteiger partial charge on any atom is -0.478 e. The fraction of sp³-hybridized carbons (Fsp3) is 0.147. The third-order valence-corrected chi connectivity index (χ3v) is 7.95. The Balaban J connectivity index is 1.39. The van der Waals surface area contributed by atoms with Gasteiger partial charge in [-0.3, -0.25) is 4.98 Å². The van der Waals surface area contributed by atoms with Crippen molar-refractivity contribution in [3.8, 4) is 17.2 Å². The van der Waals surface area contributed by atoms with Crippen molar-refractivity contribution in [3.05, 3.63) is 137 Å². The zero-order valence-corrected chi connectivity index (χ0v) is 24.3. The zero-order chi connectivity index (χ0) is 29.4. The number of aryl methyl sites for hydroxylation is 2. The lowest BCUT2D eigenvalue weighted by Crippen LogP contribution is -2.29. The third-order valence-electron chi connectivity index (χ3n) is 7.63. The summed E-state index contributed by atoms with van der Waals surface area (Å²) in [7, 11) is 0. The summed E-state index contributed by atoms with van der Waals surface area (Å²) in [4.78, 5) is 18.2. The van der Waals surface area contributed by atoms with E-state index in [2.05, 4.69) is 39.7 Å². The summed E-state index contributed by atoms with van der Waals surface area (Å²) < 4.78 is 8.22. The topological polar surface area (TPSA) is 79.6 Å². The van der Waals surface area contributed by atoms with E-state index in [1.165, 1.54) is 5.56 Å². The molecule has 8 heteroatoms. The third kappa shape index (κ3) is 5.12. The molecule has 0 aliphatic carbocycles. The number of thiocarbonyl (C=S) groups is 1. The molecule has 0 spiro atoms. The van der Waals surface area contributed by atoms with Crippen LogP contribution in [0.1, 0.15) is 50.7 Å². The summed E-state index contributed by atoms with van der Waals surface area (Å²) in [6, 6.07) is 30.6. The van der Waals surface area contributed by atoms with Crippen LogP contribution in [0.15, 0.2) is 103 Å². The van der Waals surface area contributed by atoms with Crippen LogP contribution in [0.2, 0.25) is 0 Å². The molecule has 1 aliphatic heterocycles. The highest BCUT2D eigenvalue weighted by Gasteiger charge is 2.42. The SMILES string of the molecule is Cc1ccc(Oc2ccc(N3C(=S)N[C@H](c4ccccn4)[C@H]3c3cc(C)n(-c4ccc(C(=O)O)cc4)c3C)cc2)cc1. The predicted molar refractivity (Wildman–Crippen MR) is 168 cm³/mol. The van der Waals surface area contributed by atoms with Crippen LogP contribution in [0.3, 0.4) is 0 Å². The molecule has 0 radical (unpaired) electrons. The summed E-state index contributed by atoms with van der Waals surface area (Å²) in [5.41, 5.74) is 7.32. The number of rotatable bonds is 7. The number of anilines is 1. The number of nitrogens with zero attached hydrogens (tertiary/aromatic N) is 3. The molecule has 0 unspecified atom stereocenters. The van der Waals surface area contributed by atoms with E-state index in [0.717, 1.165) is 45.5 Å². The maximum atomic E-state index is 11.4. The maximum absolute atomic E-state index is 11.4. The Bertz CT molecular complexity index is 1750. The molecule has 3 aromatic carbocycles. The smallest absolute Gasteiger partial charge is 0.335 e. The minimum atomic E-state index is -0.946. The van der Waals surface area contributed by atoms with E-state index in [0.29, 0.717) is 5.11 Å². The van der Waals surface area contributed by atoms with E-state index in [9.17, 15) is 9.90 Å². The number of aromatic carboxylic acids is 1. The van der Waals surface area contributed by atoms with Gasteiger partial charge in [-0.05, 0) is 117 Å². The minimum absolute atomic E-state index is 0.186. The molecule has 2 N–H and O–H groups in total. The Kier molecular flexibility index (Phi) is 7.22. The molecule has 7 nitrogen and oxygen atoms in total. The molecule has 5 aromatic rings. The van der Waals surface area contributed by atoms with Gasteiger partial charge in [0.1, 0.15) is 11.5 Å². The van der Waals surface area contributed by atoms with Crippen molar-refractivity contribution in [2.45, 2.75) is 32.9 Å². The van der Waals surface area contributed by atoms with Crippen LogP contribution in [-0.2, 0) is 0 Å². The van der Waals surface area contributed by atoms with Crippen LogP contribution >= 0.6 is 12.2 Å². The van der Waals surface area contributed by atoms with Crippen LogP contribution in [0.25, 0.3) is 5.69 Å². The maximum Gasteiger partial charge on any atom is 0.335 e. The summed E-state index contributed by atoms with van der Waals surface area (Å²) in [6.45, 7) is 6.19. The molecular formula is C34H30N4O3S. The number of carboxylic acid groups (broad SMARTS) is 1. The Morgan fingerprint density at radius 2 is 1.52 bits per heavy atom. The molecule has 6 rings (SSSR count). The number of hydrogen-bond donors (Lipinski definition) is 2. The van der Waals surface area contributed by atoms with Crippen LogP contribution in [0.5, 0.6) is 11.5 Å². The number of nitrogens with one attached hydrogen (secondary N) is 1. The monoisotopic (exact) mass is 574 g/mol. The predicted octanol–water partition coefficient (Wildman–Crippen LogP) is 7.47. The molecule has 3 heterocycles. The first-order valence-corrected chi connectivity index (χ1v) is 14.1. The number of benzene rings is 3. The van der Waals surface area contributed by atoms with Gasteiger partial charge in [0.05, 0.1) is 23.3 Å². The first-order chi connectivity index (χ1) is 20.3. The van der Waals surface area contributed by atoms with Crippen molar-refractivity contribution in [2.75, 3.05) is 4.90 Å². The lowest BCUT2D eigenvalue weighted by atomic mass is 9.96. The number of carbonyl (C=O) groups is 1. The summed E-state index contributed by atoms with van der Waals surface area (Å²) >= 11 is 5.94. The molecule has 210 valence electrons. The first kappa shape index (κ1) is 27.2. The second kappa shape index (κ2) is 11.1. The van der Waals surface area contributed by atoms with Gasteiger partial charge < -0.3 is 24.6 Å². The van der Waals surface area contributed by atoms with Crippen molar-refractivity contribution in [1.82, 2.24) is 14.9 Å². The largest absolute Gasteiger partial charge is 0.478 e. The van der Waals surface area contributed by atoms with Crippen LogP contribution < -0.4 is 15.0 Å². The van der Waals surface area contributed by atoms with Gasteiger partial charge in [-0.15, -0.1) is 0 Å². The highest BCUT2D eigenvalue weighted by atomic mass is 32.1. The molecule has 2 atom stereocenters. The fourth-order valence-electron chi connectivity index (χ4n) is 5.60. The van der Waals surface area contributed by atoms with Crippen molar-refractivity contribution in [1.29, 1.82) is 0 Å². The zero-order valence-electron chi connectivity index (χ0n) is 23.5. The van der Waals surface area contributed by atoms with Crippen LogP contribution in [0, 0.1) is 20.8 Å². The van der Waals surface area contributed by atoms with E-state index in [-0.39, 0.29) is 17.6 Å². The molecule has 42 heavy (non-hydrogen) atoms. The molecule has 1 saturated heterocycles. The number of pyridine rings is 1. The molecule has 0 bridgehead atoms. The van der Waals surface area contributed by atoms with Crippen LogP contribution in [0.4, 0.5) is 5.69 Å². The first-order valence-electron chi connectivity index (χ1n) is 13.7. The van der Waals surface area contributed by atoms with Gasteiger partial charge >= 0.3 is 5.97 Å². The van der Waals surface area contributed by atoms with Gasteiger partial charge in [-0.2, -0.15) is 0 Å². The lowest BCUT2D eigenvalue weighted by Gasteiger charge is -2.28. The second-order valence-corrected chi connectivity index (χ2v) is 10.8. The quantitative estimate of drug-likeness (QED) is 0.195. The number of ether oxygens (including phenoxy) is 1. The van der Waals surface area contributed by atoms with Gasteiger partial charge in [0.2, 0.25) is 0 Å². The average molecular weight is 575 g/mol. The summed E-state index contributed by atoms with van der Waals surface area (Å²) in [5.74, 6) is 0.572. The molecule has 1 fully saturated rings. The second-order valence-electron chi connectivity index (χ2n) is 10.4. The van der Waals surface area contributed by atoms with E-state index in [1.54, 1.807) is 18.3 Å². The van der Waals surface area contributed by atoms with Crippen molar-refractivity contribution >= 4 is 29.0 Å². The van der Waals surface area contributed by atoms with E-state index in [4.69, 9.17) is 17.0 Å². The molecule has 0 amide bonds. The van der Waals surface area contributed by atoms with Crippen LogP contribution in [-0.4, -0.2) is 25.7 Å². The average Bonchev–Trinajstić information content (AvgIpc) is 3.49. The van der Waals surface area contributed by atoms with Crippen molar-refractivity contribution < 1.29 is 14.6 Å². The Labute approximate surface area is 250 Å². The van der Waals surface area contributed by atoms with E-state index < -0.39 is 5.97 Å².